The molecule has 0 atom stereocenters. The van der Waals surface area contributed by atoms with E-state index in [2.05, 4.69) is 4.98 Å². The van der Waals surface area contributed by atoms with Gasteiger partial charge >= 0.3 is 0 Å². The van der Waals surface area contributed by atoms with Gasteiger partial charge < -0.3 is 5.11 Å². The summed E-state index contributed by atoms with van der Waals surface area (Å²) >= 11 is 11.0. The van der Waals surface area contributed by atoms with Gasteiger partial charge in [0.1, 0.15) is 11.1 Å². The Morgan fingerprint density at radius 1 is 1.55 bits per heavy atom. The van der Waals surface area contributed by atoms with Crippen LogP contribution in [-0.4, -0.2) is 10.1 Å². The van der Waals surface area contributed by atoms with Crippen LogP contribution in [0.3, 0.4) is 0 Å². The normalized spacial score (nSPS) is 9.18. The minimum Gasteiger partial charge on any atom is -0.504 e. The van der Waals surface area contributed by atoms with Gasteiger partial charge in [0, 0.05) is 6.20 Å². The predicted octanol–water partition coefficient (Wildman–Crippen LogP) is 1.97. The van der Waals surface area contributed by atoms with Crippen molar-refractivity contribution < 1.29 is 5.11 Å². The molecule has 1 N–H and O–H groups in total. The molecule has 1 aromatic heterocycles. The number of aromatic nitrogens is 1. The molecule has 11 heavy (non-hydrogen) atoms. The summed E-state index contributed by atoms with van der Waals surface area (Å²) in [6.45, 7) is 0. The molecule has 0 saturated carbocycles. The van der Waals surface area contributed by atoms with Crippen molar-refractivity contribution in [3.05, 3.63) is 21.9 Å². The largest absolute Gasteiger partial charge is 0.504 e. The topological polar surface area (TPSA) is 56.9 Å². The van der Waals surface area contributed by atoms with Crippen molar-refractivity contribution in [3.8, 4) is 11.8 Å². The number of halogens is 2. The molecule has 0 radical (unpaired) electrons. The van der Waals surface area contributed by atoms with E-state index >= 15 is 0 Å². The molecule has 0 aliphatic heterocycles. The van der Waals surface area contributed by atoms with E-state index in [9.17, 15) is 0 Å². The zero-order valence-electron chi connectivity index (χ0n) is 5.17. The Labute approximate surface area is 72.8 Å². The average molecular weight is 189 g/mol. The summed E-state index contributed by atoms with van der Waals surface area (Å²) in [7, 11) is 0. The van der Waals surface area contributed by atoms with Crippen molar-refractivity contribution in [2.24, 2.45) is 0 Å². The minimum absolute atomic E-state index is 0.0433. The van der Waals surface area contributed by atoms with Crippen LogP contribution >= 0.6 is 23.2 Å². The van der Waals surface area contributed by atoms with Gasteiger partial charge in [-0.15, -0.1) is 0 Å². The number of rotatable bonds is 0. The molecular formula is C6H2Cl2N2O. The number of nitrogens with zero attached hydrogens (tertiary/aromatic N) is 2. The first-order chi connectivity index (χ1) is 5.16. The van der Waals surface area contributed by atoms with Crippen LogP contribution in [0.1, 0.15) is 5.69 Å². The molecule has 0 aliphatic rings. The molecule has 3 nitrogen and oxygen atoms in total. The van der Waals surface area contributed by atoms with Gasteiger partial charge in [-0.1, -0.05) is 23.2 Å². The van der Waals surface area contributed by atoms with Gasteiger partial charge in [0.25, 0.3) is 0 Å². The first-order valence-electron chi connectivity index (χ1n) is 2.60. The summed E-state index contributed by atoms with van der Waals surface area (Å²) in [5.41, 5.74) is -0.126. The van der Waals surface area contributed by atoms with E-state index in [1.165, 1.54) is 6.20 Å². The quantitative estimate of drug-likeness (QED) is 0.678. The summed E-state index contributed by atoms with van der Waals surface area (Å²) in [5, 5.41) is 17.5. The molecule has 5 heteroatoms. The second-order valence-electron chi connectivity index (χ2n) is 1.73. The average Bonchev–Trinajstić information content (AvgIpc) is 2.01. The fourth-order valence-electron chi connectivity index (χ4n) is 0.538. The summed E-state index contributed by atoms with van der Waals surface area (Å²) in [5.74, 6) is -0.373. The van der Waals surface area contributed by atoms with Crippen LogP contribution < -0.4 is 0 Å². The molecule has 1 aromatic rings. The summed E-state index contributed by atoms with van der Waals surface area (Å²) in [6, 6.07) is 1.66. The van der Waals surface area contributed by atoms with Crippen LogP contribution in [0.15, 0.2) is 6.20 Å². The van der Waals surface area contributed by atoms with Crippen LogP contribution in [0.4, 0.5) is 0 Å². The maximum absolute atomic E-state index is 9.08. The zero-order valence-corrected chi connectivity index (χ0v) is 6.69. The number of hydrogen-bond donors (Lipinski definition) is 1. The van der Waals surface area contributed by atoms with Crippen LogP contribution in [-0.2, 0) is 0 Å². The maximum Gasteiger partial charge on any atom is 0.184 e. The number of nitriles is 1. The predicted molar refractivity (Wildman–Crippen MR) is 40.6 cm³/mol. The second kappa shape index (κ2) is 2.95. The van der Waals surface area contributed by atoms with Gasteiger partial charge in [-0.3, -0.25) is 0 Å². The Bertz CT molecular complexity index is 332. The molecule has 0 saturated heterocycles. The Balaban J connectivity index is 3.40. The monoisotopic (exact) mass is 188 g/mol. The van der Waals surface area contributed by atoms with Crippen molar-refractivity contribution in [3.63, 3.8) is 0 Å². The highest BCUT2D eigenvalue weighted by atomic mass is 35.5. The Hall–Kier alpha value is -0.980. The van der Waals surface area contributed by atoms with Crippen molar-refractivity contribution in [1.29, 1.82) is 5.26 Å². The van der Waals surface area contributed by atoms with E-state index in [4.69, 9.17) is 33.6 Å². The molecule has 0 amide bonds. The molecule has 0 aromatic carbocycles. The molecule has 0 bridgehead atoms. The zero-order chi connectivity index (χ0) is 8.43. The summed E-state index contributed by atoms with van der Waals surface area (Å²) < 4.78 is 0. The molecule has 0 aliphatic carbocycles. The van der Waals surface area contributed by atoms with Gasteiger partial charge in [0.2, 0.25) is 0 Å². The Kier molecular flexibility index (Phi) is 2.18. The third kappa shape index (κ3) is 1.37. The van der Waals surface area contributed by atoms with E-state index in [0.29, 0.717) is 0 Å². The number of aromatic hydroxyl groups is 1. The molecule has 0 spiro atoms. The molecule has 0 fully saturated rings. The van der Waals surface area contributed by atoms with Crippen molar-refractivity contribution in [2.45, 2.75) is 0 Å². The van der Waals surface area contributed by atoms with Gasteiger partial charge in [0.15, 0.2) is 11.4 Å². The lowest BCUT2D eigenvalue weighted by Crippen LogP contribution is -1.83. The van der Waals surface area contributed by atoms with E-state index in [1.807, 2.05) is 0 Å². The van der Waals surface area contributed by atoms with E-state index in [-0.39, 0.29) is 21.5 Å². The van der Waals surface area contributed by atoms with Crippen LogP contribution in [0, 0.1) is 11.3 Å². The lowest BCUT2D eigenvalue weighted by atomic mass is 10.3. The van der Waals surface area contributed by atoms with Crippen molar-refractivity contribution >= 4 is 23.2 Å². The molecule has 1 heterocycles. The highest BCUT2D eigenvalue weighted by Crippen LogP contribution is 2.31. The fraction of sp³-hybridized carbons (Fsp3) is 0. The highest BCUT2D eigenvalue weighted by molar-refractivity contribution is 6.42. The molecule has 56 valence electrons. The standard InChI is InChI=1S/C6H2Cl2N2O/c7-3-2-10-4(1-9)6(11)5(3)8/h2,11H. The molecular weight excluding hydrogens is 187 g/mol. The van der Waals surface area contributed by atoms with Gasteiger partial charge in [-0.2, -0.15) is 5.26 Å². The summed E-state index contributed by atoms with van der Waals surface area (Å²) in [6.07, 6.45) is 1.21. The summed E-state index contributed by atoms with van der Waals surface area (Å²) in [4.78, 5) is 3.53. The lowest BCUT2D eigenvalue weighted by Gasteiger charge is -1.98. The number of hydrogen-bond acceptors (Lipinski definition) is 3. The van der Waals surface area contributed by atoms with E-state index in [1.54, 1.807) is 6.07 Å². The molecule has 0 unspecified atom stereocenters. The first-order valence-corrected chi connectivity index (χ1v) is 3.35. The first kappa shape index (κ1) is 8.12. The lowest BCUT2D eigenvalue weighted by molar-refractivity contribution is 0.471. The highest BCUT2D eigenvalue weighted by Gasteiger charge is 2.09. The second-order valence-corrected chi connectivity index (χ2v) is 2.51. The Morgan fingerprint density at radius 3 is 2.73 bits per heavy atom. The smallest absolute Gasteiger partial charge is 0.184 e. The van der Waals surface area contributed by atoms with Gasteiger partial charge in [-0.05, 0) is 0 Å². The van der Waals surface area contributed by atoms with Crippen LogP contribution in [0.25, 0.3) is 0 Å². The maximum atomic E-state index is 9.08. The minimum atomic E-state index is -0.373. The molecule has 1 rings (SSSR count). The van der Waals surface area contributed by atoms with Crippen LogP contribution in [0.2, 0.25) is 10.0 Å². The Morgan fingerprint density at radius 2 is 2.18 bits per heavy atom. The number of pyridine rings is 1. The SMILES string of the molecule is N#Cc1ncc(Cl)c(Cl)c1O. The third-order valence-corrected chi connectivity index (χ3v) is 1.82. The van der Waals surface area contributed by atoms with E-state index in [0.717, 1.165) is 0 Å². The van der Waals surface area contributed by atoms with Crippen LogP contribution in [0.5, 0.6) is 5.75 Å². The van der Waals surface area contributed by atoms with Gasteiger partial charge in [-0.25, -0.2) is 4.98 Å². The van der Waals surface area contributed by atoms with E-state index < -0.39 is 0 Å². The van der Waals surface area contributed by atoms with Gasteiger partial charge in [0.05, 0.1) is 5.02 Å². The van der Waals surface area contributed by atoms with Crippen molar-refractivity contribution in [2.75, 3.05) is 0 Å². The fourth-order valence-corrected chi connectivity index (χ4v) is 0.815. The third-order valence-electron chi connectivity index (χ3n) is 1.05. The van der Waals surface area contributed by atoms with Crippen molar-refractivity contribution in [1.82, 2.24) is 4.98 Å².